The summed E-state index contributed by atoms with van der Waals surface area (Å²) in [5, 5.41) is 4.06. The highest BCUT2D eigenvalue weighted by Gasteiger charge is 2.16. The average Bonchev–Trinajstić information content (AvgIpc) is 2.68. The highest BCUT2D eigenvalue weighted by Crippen LogP contribution is 2.30. The summed E-state index contributed by atoms with van der Waals surface area (Å²) in [7, 11) is 0. The minimum Gasteiger partial charge on any atom is -0.491 e. The van der Waals surface area contributed by atoms with Crippen LogP contribution < -0.4 is 10.1 Å². The first-order chi connectivity index (χ1) is 7.66. The summed E-state index contributed by atoms with van der Waals surface area (Å²) in [5.74, 6) is 1.47. The largest absolute Gasteiger partial charge is 0.491 e. The van der Waals surface area contributed by atoms with Gasteiger partial charge in [0.05, 0.1) is 11.6 Å². The van der Waals surface area contributed by atoms with Gasteiger partial charge in [-0.05, 0) is 44.0 Å². The molecule has 1 aromatic carbocycles. The van der Waals surface area contributed by atoms with Crippen molar-refractivity contribution in [3.8, 4) is 5.75 Å². The number of ether oxygens (including phenoxy) is 1. The lowest BCUT2D eigenvalue weighted by Crippen LogP contribution is -2.16. The third-order valence-electron chi connectivity index (χ3n) is 3.00. The molecule has 1 atom stereocenters. The average molecular weight is 276 g/mol. The van der Waals surface area contributed by atoms with E-state index < -0.39 is 0 Å². The van der Waals surface area contributed by atoms with Gasteiger partial charge >= 0.3 is 0 Å². The van der Waals surface area contributed by atoms with Crippen molar-refractivity contribution >= 4 is 24.0 Å². The maximum Gasteiger partial charge on any atom is 0.140 e. The number of rotatable bonds is 3. The molecule has 4 heteroatoms. The molecule has 96 valence electrons. The minimum absolute atomic E-state index is 0. The molecule has 2 rings (SSSR count). The molecule has 1 heterocycles. The first kappa shape index (κ1) is 14.6. The van der Waals surface area contributed by atoms with Crippen LogP contribution >= 0.6 is 24.0 Å². The Morgan fingerprint density at radius 3 is 2.76 bits per heavy atom. The zero-order valence-electron chi connectivity index (χ0n) is 10.3. The van der Waals surface area contributed by atoms with E-state index in [0.29, 0.717) is 5.92 Å². The fraction of sp³-hybridized carbons (Fsp3) is 0.538. The van der Waals surface area contributed by atoms with Crippen LogP contribution in [0, 0.1) is 19.8 Å². The van der Waals surface area contributed by atoms with E-state index in [1.807, 2.05) is 19.9 Å². The first-order valence-electron chi connectivity index (χ1n) is 5.77. The van der Waals surface area contributed by atoms with Crippen molar-refractivity contribution in [3.63, 3.8) is 0 Å². The number of hydrogen-bond donors (Lipinski definition) is 1. The Hall–Kier alpha value is -0.440. The molecule has 0 radical (unpaired) electrons. The van der Waals surface area contributed by atoms with E-state index >= 15 is 0 Å². The van der Waals surface area contributed by atoms with E-state index in [2.05, 4.69) is 11.4 Å². The van der Waals surface area contributed by atoms with Gasteiger partial charge in [-0.15, -0.1) is 12.4 Å². The second-order valence-electron chi connectivity index (χ2n) is 4.56. The molecule has 0 aromatic heterocycles. The number of aryl methyl sites for hydroxylation is 2. The van der Waals surface area contributed by atoms with E-state index in [4.69, 9.17) is 16.3 Å². The predicted octanol–water partition coefficient (Wildman–Crippen LogP) is 3.37. The molecule has 17 heavy (non-hydrogen) atoms. The maximum absolute atomic E-state index is 6.18. The summed E-state index contributed by atoms with van der Waals surface area (Å²) in [6.07, 6.45) is 1.20. The van der Waals surface area contributed by atoms with Crippen LogP contribution in [0.25, 0.3) is 0 Å². The van der Waals surface area contributed by atoms with Crippen LogP contribution in [-0.2, 0) is 0 Å². The number of halogens is 2. The molecule has 1 N–H and O–H groups in total. The fourth-order valence-corrected chi connectivity index (χ4v) is 2.52. The lowest BCUT2D eigenvalue weighted by atomic mass is 10.1. The van der Waals surface area contributed by atoms with Gasteiger partial charge in [0.15, 0.2) is 0 Å². The Morgan fingerprint density at radius 1 is 1.41 bits per heavy atom. The van der Waals surface area contributed by atoms with Crippen molar-refractivity contribution < 1.29 is 4.74 Å². The third kappa shape index (κ3) is 3.77. The molecule has 1 aromatic rings. The Kier molecular flexibility index (Phi) is 5.57. The van der Waals surface area contributed by atoms with Gasteiger partial charge in [0.2, 0.25) is 0 Å². The summed E-state index contributed by atoms with van der Waals surface area (Å²) in [5.41, 5.74) is 2.30. The summed E-state index contributed by atoms with van der Waals surface area (Å²) in [6.45, 7) is 7.01. The molecular weight excluding hydrogens is 257 g/mol. The molecule has 1 aliphatic rings. The molecule has 0 bridgehead atoms. The van der Waals surface area contributed by atoms with E-state index in [1.165, 1.54) is 12.0 Å². The number of benzene rings is 1. The van der Waals surface area contributed by atoms with Gasteiger partial charge in [-0.1, -0.05) is 17.7 Å². The van der Waals surface area contributed by atoms with Crippen LogP contribution in [0.15, 0.2) is 12.1 Å². The normalized spacial score (nSPS) is 18.9. The van der Waals surface area contributed by atoms with Crippen LogP contribution in [0.3, 0.4) is 0 Å². The van der Waals surface area contributed by atoms with Crippen LogP contribution in [0.1, 0.15) is 17.5 Å². The van der Waals surface area contributed by atoms with E-state index in [0.717, 1.165) is 36.0 Å². The van der Waals surface area contributed by atoms with E-state index in [-0.39, 0.29) is 12.4 Å². The summed E-state index contributed by atoms with van der Waals surface area (Å²) >= 11 is 6.18. The molecule has 0 saturated carbocycles. The second kappa shape index (κ2) is 6.48. The molecule has 0 spiro atoms. The van der Waals surface area contributed by atoms with Gasteiger partial charge in [0.1, 0.15) is 5.75 Å². The maximum atomic E-state index is 6.18. The smallest absolute Gasteiger partial charge is 0.140 e. The number of hydrogen-bond acceptors (Lipinski definition) is 2. The number of nitrogens with one attached hydrogen (secondary N) is 1. The highest BCUT2D eigenvalue weighted by molar-refractivity contribution is 6.32. The zero-order chi connectivity index (χ0) is 11.5. The van der Waals surface area contributed by atoms with E-state index in [1.54, 1.807) is 0 Å². The van der Waals surface area contributed by atoms with Gasteiger partial charge in [0, 0.05) is 12.5 Å². The predicted molar refractivity (Wildman–Crippen MR) is 74.6 cm³/mol. The van der Waals surface area contributed by atoms with Crippen molar-refractivity contribution in [3.05, 3.63) is 28.3 Å². The molecule has 0 amide bonds. The third-order valence-corrected chi connectivity index (χ3v) is 3.28. The zero-order valence-corrected chi connectivity index (χ0v) is 11.8. The van der Waals surface area contributed by atoms with Gasteiger partial charge in [-0.25, -0.2) is 0 Å². The molecule has 1 fully saturated rings. The van der Waals surface area contributed by atoms with Crippen molar-refractivity contribution in [1.82, 2.24) is 5.32 Å². The van der Waals surface area contributed by atoms with Gasteiger partial charge in [-0.3, -0.25) is 0 Å². The van der Waals surface area contributed by atoms with Gasteiger partial charge < -0.3 is 10.1 Å². The van der Waals surface area contributed by atoms with Gasteiger partial charge in [0.25, 0.3) is 0 Å². The van der Waals surface area contributed by atoms with Crippen molar-refractivity contribution in [1.29, 1.82) is 0 Å². The molecule has 1 aliphatic heterocycles. The molecule has 1 saturated heterocycles. The Labute approximate surface area is 114 Å². The minimum atomic E-state index is 0. The fourth-order valence-electron chi connectivity index (χ4n) is 2.14. The second-order valence-corrected chi connectivity index (χ2v) is 4.97. The van der Waals surface area contributed by atoms with Crippen molar-refractivity contribution in [2.75, 3.05) is 19.7 Å². The van der Waals surface area contributed by atoms with Crippen LogP contribution in [-0.4, -0.2) is 19.7 Å². The van der Waals surface area contributed by atoms with Crippen LogP contribution in [0.2, 0.25) is 5.02 Å². The lowest BCUT2D eigenvalue weighted by Gasteiger charge is -2.14. The molecule has 0 aliphatic carbocycles. The summed E-state index contributed by atoms with van der Waals surface area (Å²) < 4.78 is 5.83. The quantitative estimate of drug-likeness (QED) is 0.914. The monoisotopic (exact) mass is 275 g/mol. The topological polar surface area (TPSA) is 21.3 Å². The Balaban J connectivity index is 0.00000144. The van der Waals surface area contributed by atoms with Crippen LogP contribution in [0.4, 0.5) is 0 Å². The van der Waals surface area contributed by atoms with Crippen molar-refractivity contribution in [2.24, 2.45) is 5.92 Å². The molecule has 1 unspecified atom stereocenters. The SMILES string of the molecule is Cc1cc(C)c(OCC2CCNC2)c(Cl)c1.Cl. The van der Waals surface area contributed by atoms with E-state index in [9.17, 15) is 0 Å². The van der Waals surface area contributed by atoms with Gasteiger partial charge in [-0.2, -0.15) is 0 Å². The summed E-state index contributed by atoms with van der Waals surface area (Å²) in [4.78, 5) is 0. The van der Waals surface area contributed by atoms with Crippen LogP contribution in [0.5, 0.6) is 5.75 Å². The highest BCUT2D eigenvalue weighted by atomic mass is 35.5. The Morgan fingerprint density at radius 2 is 2.18 bits per heavy atom. The first-order valence-corrected chi connectivity index (χ1v) is 6.15. The van der Waals surface area contributed by atoms with Crippen molar-refractivity contribution in [2.45, 2.75) is 20.3 Å². The standard InChI is InChI=1S/C13H18ClNO.ClH/c1-9-5-10(2)13(12(14)6-9)16-8-11-3-4-15-7-11;/h5-6,11,15H,3-4,7-8H2,1-2H3;1H. The Bertz CT molecular complexity index is 353. The summed E-state index contributed by atoms with van der Waals surface area (Å²) in [6, 6.07) is 4.06. The molecule has 2 nitrogen and oxygen atoms in total. The molecular formula is C13H19Cl2NO. The lowest BCUT2D eigenvalue weighted by molar-refractivity contribution is 0.258.